The summed E-state index contributed by atoms with van der Waals surface area (Å²) in [7, 11) is 0. The quantitative estimate of drug-likeness (QED) is 0.356. The number of aliphatic hydroxyl groups excluding tert-OH is 1. The Labute approximate surface area is 111 Å². The van der Waals surface area contributed by atoms with Crippen LogP contribution in [-0.2, 0) is 4.74 Å². The molecule has 0 aliphatic carbocycles. The van der Waals surface area contributed by atoms with Crippen LogP contribution in [0.15, 0.2) is 43.0 Å². The van der Waals surface area contributed by atoms with Crippen molar-refractivity contribution in [1.82, 2.24) is 0 Å². The molecule has 5 heteroatoms. The summed E-state index contributed by atoms with van der Waals surface area (Å²) in [5, 5.41) is 8.69. The maximum absolute atomic E-state index is 11.3. The zero-order chi connectivity index (χ0) is 13.2. The number of benzene rings is 1. The predicted molar refractivity (Wildman–Crippen MR) is 71.4 cm³/mol. The van der Waals surface area contributed by atoms with Crippen molar-refractivity contribution in [2.24, 2.45) is 0 Å². The largest absolute Gasteiger partial charge is 0.455 e. The summed E-state index contributed by atoms with van der Waals surface area (Å²) in [6.45, 7) is 3.71. The van der Waals surface area contributed by atoms with Gasteiger partial charge in [0.2, 0.25) is 0 Å². The van der Waals surface area contributed by atoms with Gasteiger partial charge in [0.05, 0.1) is 12.7 Å². The molecule has 4 nitrogen and oxygen atoms in total. The molecule has 1 unspecified atom stereocenters. The molecule has 0 aromatic heterocycles. The third-order valence-electron chi connectivity index (χ3n) is 2.09. The summed E-state index contributed by atoms with van der Waals surface area (Å²) in [5.74, 6) is 0.599. The van der Waals surface area contributed by atoms with Crippen LogP contribution in [0, 0.1) is 0 Å². The van der Waals surface area contributed by atoms with Gasteiger partial charge < -0.3 is 14.0 Å². The van der Waals surface area contributed by atoms with Gasteiger partial charge in [0, 0.05) is 0 Å². The third kappa shape index (κ3) is 6.32. The van der Waals surface area contributed by atoms with Crippen LogP contribution in [0.1, 0.15) is 12.8 Å². The Bertz CT molecular complexity index is 367. The molecule has 0 saturated carbocycles. The molecule has 98 valence electrons. The molecule has 1 aromatic carbocycles. The summed E-state index contributed by atoms with van der Waals surface area (Å²) in [6, 6.07) is 9.00. The van der Waals surface area contributed by atoms with Crippen LogP contribution in [0.25, 0.3) is 0 Å². The van der Waals surface area contributed by atoms with Gasteiger partial charge in [0.15, 0.2) is 12.0 Å². The van der Waals surface area contributed by atoms with Crippen molar-refractivity contribution in [3.63, 3.8) is 0 Å². The zero-order valence-electron chi connectivity index (χ0n) is 9.95. The van der Waals surface area contributed by atoms with Crippen molar-refractivity contribution < 1.29 is 18.8 Å². The predicted octanol–water partition coefficient (Wildman–Crippen LogP) is 3.18. The molecule has 0 fully saturated rings. The molecule has 1 rings (SSSR count). The molecule has 0 saturated heterocycles. The minimum absolute atomic E-state index is 0.259. The highest BCUT2D eigenvalue weighted by atomic mass is 32.2. The lowest BCUT2D eigenvalue weighted by Gasteiger charge is -2.06. The Balaban J connectivity index is 2.09. The van der Waals surface area contributed by atoms with Crippen LogP contribution in [0.4, 0.5) is 4.79 Å². The number of aliphatic hydroxyl groups is 1. The second-order valence-corrected chi connectivity index (χ2v) is 4.19. The van der Waals surface area contributed by atoms with Gasteiger partial charge in [-0.3, -0.25) is 0 Å². The lowest BCUT2D eigenvalue weighted by molar-refractivity contribution is 0.157. The van der Waals surface area contributed by atoms with Gasteiger partial charge in [-0.15, -0.1) is 6.58 Å². The molecule has 0 aliphatic heterocycles. The Hall–Kier alpha value is -1.46. The first-order chi connectivity index (χ1) is 8.72. The van der Waals surface area contributed by atoms with E-state index in [0.717, 1.165) is 0 Å². The van der Waals surface area contributed by atoms with Crippen molar-refractivity contribution in [1.29, 1.82) is 0 Å². The lowest BCUT2D eigenvalue weighted by atomic mass is 10.2. The average molecular weight is 268 g/mol. The number of ether oxygens (including phenoxy) is 1. The highest BCUT2D eigenvalue weighted by molar-refractivity contribution is 8.09. The van der Waals surface area contributed by atoms with Crippen molar-refractivity contribution >= 4 is 17.3 Å². The fourth-order valence-corrected chi connectivity index (χ4v) is 1.55. The normalized spacial score (nSPS) is 11.6. The lowest BCUT2D eigenvalue weighted by Crippen LogP contribution is -2.06. The number of rotatable bonds is 7. The first kappa shape index (κ1) is 14.6. The Morgan fingerprint density at radius 3 is 2.83 bits per heavy atom. The average Bonchev–Trinajstić information content (AvgIpc) is 2.42. The van der Waals surface area contributed by atoms with E-state index in [9.17, 15) is 9.90 Å². The van der Waals surface area contributed by atoms with E-state index in [4.69, 9.17) is 8.92 Å². The summed E-state index contributed by atoms with van der Waals surface area (Å²) in [5.41, 5.74) is 0. The van der Waals surface area contributed by atoms with Crippen LogP contribution in [0.2, 0.25) is 0 Å². The summed E-state index contributed by atoms with van der Waals surface area (Å²) >= 11 is 0.650. The van der Waals surface area contributed by atoms with E-state index in [-0.39, 0.29) is 6.61 Å². The van der Waals surface area contributed by atoms with Crippen LogP contribution in [-0.4, -0.2) is 23.1 Å². The topological polar surface area (TPSA) is 55.8 Å². The van der Waals surface area contributed by atoms with Gasteiger partial charge in [0.1, 0.15) is 5.75 Å². The summed E-state index contributed by atoms with van der Waals surface area (Å²) in [6.07, 6.45) is 2.03. The van der Waals surface area contributed by atoms with Gasteiger partial charge in [-0.05, 0) is 25.0 Å². The van der Waals surface area contributed by atoms with Crippen LogP contribution < -0.4 is 4.18 Å². The minimum Gasteiger partial charge on any atom is -0.455 e. The van der Waals surface area contributed by atoms with Crippen LogP contribution in [0.3, 0.4) is 0 Å². The highest BCUT2D eigenvalue weighted by Gasteiger charge is 2.06. The second-order valence-electron chi connectivity index (χ2n) is 3.52. The van der Waals surface area contributed by atoms with E-state index in [2.05, 4.69) is 6.58 Å². The summed E-state index contributed by atoms with van der Waals surface area (Å²) in [4.78, 5) is 11.3. The van der Waals surface area contributed by atoms with Crippen molar-refractivity contribution in [3.8, 4) is 5.75 Å². The van der Waals surface area contributed by atoms with Crippen molar-refractivity contribution in [2.75, 3.05) is 6.61 Å². The number of carbonyl (C=O) groups excluding carboxylic acids is 1. The van der Waals surface area contributed by atoms with Gasteiger partial charge in [-0.1, -0.05) is 24.3 Å². The molecule has 0 spiro atoms. The second kappa shape index (κ2) is 8.60. The van der Waals surface area contributed by atoms with E-state index in [0.29, 0.717) is 30.6 Å². The molecule has 0 radical (unpaired) electrons. The maximum Gasteiger partial charge on any atom is 0.407 e. The van der Waals surface area contributed by atoms with E-state index in [1.54, 1.807) is 12.1 Å². The smallest absolute Gasteiger partial charge is 0.407 e. The van der Waals surface area contributed by atoms with Crippen LogP contribution in [0.5, 0.6) is 5.75 Å². The molecule has 0 heterocycles. The van der Waals surface area contributed by atoms with Crippen molar-refractivity contribution in [3.05, 3.63) is 43.0 Å². The number of hydrogen-bond donors (Lipinski definition) is 1. The SMILES string of the molecule is C=CC(O)CCCOC(=O)SOc1ccccc1. The Kier molecular flexibility index (Phi) is 6.98. The summed E-state index contributed by atoms with van der Waals surface area (Å²) < 4.78 is 10.1. The van der Waals surface area contributed by atoms with E-state index >= 15 is 0 Å². The third-order valence-corrected chi connectivity index (χ3v) is 2.62. The molecular weight excluding hydrogens is 252 g/mol. The molecule has 0 amide bonds. The standard InChI is InChI=1S/C13H16O4S/c1-2-11(14)7-6-10-16-13(15)18-17-12-8-4-3-5-9-12/h2-5,8-9,11,14H,1,6-7,10H2. The molecule has 18 heavy (non-hydrogen) atoms. The molecule has 1 N–H and O–H groups in total. The monoisotopic (exact) mass is 268 g/mol. The highest BCUT2D eigenvalue weighted by Crippen LogP contribution is 2.16. The van der Waals surface area contributed by atoms with Crippen molar-refractivity contribution in [2.45, 2.75) is 18.9 Å². The van der Waals surface area contributed by atoms with E-state index in [1.165, 1.54) is 6.08 Å². The first-order valence-electron chi connectivity index (χ1n) is 5.59. The maximum atomic E-state index is 11.3. The van der Waals surface area contributed by atoms with Gasteiger partial charge in [-0.25, -0.2) is 4.79 Å². The number of hydrogen-bond acceptors (Lipinski definition) is 5. The molecule has 1 aromatic rings. The van der Waals surface area contributed by atoms with Gasteiger partial charge in [0.25, 0.3) is 0 Å². The van der Waals surface area contributed by atoms with Gasteiger partial charge in [-0.2, -0.15) is 0 Å². The fourth-order valence-electron chi connectivity index (χ4n) is 1.15. The Morgan fingerprint density at radius 2 is 2.17 bits per heavy atom. The molecular formula is C13H16O4S. The zero-order valence-corrected chi connectivity index (χ0v) is 10.8. The van der Waals surface area contributed by atoms with Crippen LogP contribution >= 0.6 is 12.0 Å². The molecule has 0 aliphatic rings. The first-order valence-corrected chi connectivity index (χ1v) is 6.33. The van der Waals surface area contributed by atoms with E-state index < -0.39 is 11.4 Å². The van der Waals surface area contributed by atoms with Gasteiger partial charge >= 0.3 is 5.30 Å². The molecule has 1 atom stereocenters. The fraction of sp³-hybridized carbons (Fsp3) is 0.308. The Morgan fingerprint density at radius 1 is 1.44 bits per heavy atom. The van der Waals surface area contributed by atoms with E-state index in [1.807, 2.05) is 18.2 Å². The molecule has 0 bridgehead atoms. The number of para-hydroxylation sites is 1. The minimum atomic E-state index is -0.545. The number of carbonyl (C=O) groups is 1.